The molecule has 0 fully saturated rings. The quantitative estimate of drug-likeness (QED) is 0.803. The number of sulfonamides is 1. The Kier molecular flexibility index (Phi) is 4.52. The van der Waals surface area contributed by atoms with Gasteiger partial charge in [0.1, 0.15) is 6.07 Å². The van der Waals surface area contributed by atoms with Gasteiger partial charge in [-0.3, -0.25) is 4.98 Å². The highest BCUT2D eigenvalue weighted by Crippen LogP contribution is 2.17. The monoisotopic (exact) mass is 302 g/mol. The fourth-order valence-electron chi connectivity index (χ4n) is 1.82. The van der Waals surface area contributed by atoms with Crippen LogP contribution in [0.2, 0.25) is 0 Å². The van der Waals surface area contributed by atoms with E-state index in [-0.39, 0.29) is 17.0 Å². The predicted octanol–water partition coefficient (Wildman–Crippen LogP) is 1.06. The molecule has 0 aliphatic heterocycles. The molecule has 2 rings (SSSR count). The number of nitriles is 1. The van der Waals surface area contributed by atoms with Gasteiger partial charge >= 0.3 is 0 Å². The molecule has 108 valence electrons. The molecular weight excluding hydrogens is 288 g/mol. The van der Waals surface area contributed by atoms with Crippen LogP contribution < -0.4 is 10.5 Å². The van der Waals surface area contributed by atoms with Gasteiger partial charge in [-0.05, 0) is 36.2 Å². The van der Waals surface area contributed by atoms with Crippen molar-refractivity contribution in [2.45, 2.75) is 11.3 Å². The summed E-state index contributed by atoms with van der Waals surface area (Å²) in [6, 6.07) is 9.63. The van der Waals surface area contributed by atoms with Crippen LogP contribution in [0.4, 0.5) is 5.69 Å². The Bertz CT molecular complexity index is 767. The first-order chi connectivity index (χ1) is 10.0. The SMILES string of the molecule is N#Cc1cc(N)ccc1S(=O)(=O)NCCc1cccnc1. The number of rotatable bonds is 5. The lowest BCUT2D eigenvalue weighted by Crippen LogP contribution is -2.26. The minimum Gasteiger partial charge on any atom is -0.399 e. The number of hydrogen-bond acceptors (Lipinski definition) is 5. The van der Waals surface area contributed by atoms with Crippen molar-refractivity contribution in [3.8, 4) is 6.07 Å². The fourth-order valence-corrected chi connectivity index (χ4v) is 2.99. The van der Waals surface area contributed by atoms with Crippen molar-refractivity contribution in [1.29, 1.82) is 5.26 Å². The minimum absolute atomic E-state index is 0.0314. The smallest absolute Gasteiger partial charge is 0.241 e. The number of pyridine rings is 1. The number of benzene rings is 1. The average Bonchev–Trinajstić information content (AvgIpc) is 2.47. The summed E-state index contributed by atoms with van der Waals surface area (Å²) in [4.78, 5) is 3.90. The van der Waals surface area contributed by atoms with Gasteiger partial charge in [0, 0.05) is 24.6 Å². The van der Waals surface area contributed by atoms with Crippen LogP contribution in [0.15, 0.2) is 47.6 Å². The lowest BCUT2D eigenvalue weighted by atomic mass is 10.2. The second-order valence-electron chi connectivity index (χ2n) is 4.38. The van der Waals surface area contributed by atoms with E-state index in [1.54, 1.807) is 18.5 Å². The topological polar surface area (TPSA) is 109 Å². The third kappa shape index (κ3) is 3.78. The van der Waals surface area contributed by atoms with Gasteiger partial charge in [0.05, 0.1) is 10.5 Å². The number of hydrogen-bond donors (Lipinski definition) is 2. The predicted molar refractivity (Wildman–Crippen MR) is 78.7 cm³/mol. The highest BCUT2D eigenvalue weighted by molar-refractivity contribution is 7.89. The van der Waals surface area contributed by atoms with Crippen molar-refractivity contribution in [2.75, 3.05) is 12.3 Å². The van der Waals surface area contributed by atoms with Crippen LogP contribution in [0.3, 0.4) is 0 Å². The Morgan fingerprint density at radius 3 is 2.81 bits per heavy atom. The van der Waals surface area contributed by atoms with E-state index in [1.165, 1.54) is 18.2 Å². The Labute approximate surface area is 123 Å². The second-order valence-corrected chi connectivity index (χ2v) is 6.11. The van der Waals surface area contributed by atoms with E-state index in [2.05, 4.69) is 9.71 Å². The largest absolute Gasteiger partial charge is 0.399 e. The first-order valence-electron chi connectivity index (χ1n) is 6.21. The van der Waals surface area contributed by atoms with Crippen molar-refractivity contribution < 1.29 is 8.42 Å². The summed E-state index contributed by atoms with van der Waals surface area (Å²) in [5, 5.41) is 9.00. The fraction of sp³-hybridized carbons (Fsp3) is 0.143. The molecule has 0 spiro atoms. The number of nitrogens with two attached hydrogens (primary N) is 1. The summed E-state index contributed by atoms with van der Waals surface area (Å²) in [6.07, 6.45) is 3.85. The zero-order valence-electron chi connectivity index (χ0n) is 11.2. The number of nitrogens with one attached hydrogen (secondary N) is 1. The molecule has 0 amide bonds. The Balaban J connectivity index is 2.11. The van der Waals surface area contributed by atoms with Crippen molar-refractivity contribution in [2.24, 2.45) is 0 Å². The lowest BCUT2D eigenvalue weighted by molar-refractivity contribution is 0.581. The summed E-state index contributed by atoms with van der Waals surface area (Å²) in [7, 11) is -3.74. The van der Waals surface area contributed by atoms with Gasteiger partial charge in [-0.15, -0.1) is 0 Å². The number of aromatic nitrogens is 1. The van der Waals surface area contributed by atoms with Crippen LogP contribution in [-0.4, -0.2) is 19.9 Å². The molecule has 0 saturated heterocycles. The highest BCUT2D eigenvalue weighted by atomic mass is 32.2. The second kappa shape index (κ2) is 6.35. The van der Waals surface area contributed by atoms with E-state index in [0.717, 1.165) is 5.56 Å². The molecule has 1 heterocycles. The maximum absolute atomic E-state index is 12.2. The van der Waals surface area contributed by atoms with Crippen molar-refractivity contribution in [1.82, 2.24) is 9.71 Å². The van der Waals surface area contributed by atoms with Gasteiger partial charge < -0.3 is 5.73 Å². The number of anilines is 1. The molecule has 0 atom stereocenters. The normalized spacial score (nSPS) is 11.0. The van der Waals surface area contributed by atoms with Gasteiger partial charge in [0.2, 0.25) is 10.0 Å². The van der Waals surface area contributed by atoms with E-state index >= 15 is 0 Å². The molecule has 21 heavy (non-hydrogen) atoms. The number of nitrogen functional groups attached to an aromatic ring is 1. The van der Waals surface area contributed by atoms with E-state index in [9.17, 15) is 8.42 Å². The third-order valence-corrected chi connectivity index (χ3v) is 4.36. The van der Waals surface area contributed by atoms with Crippen LogP contribution in [0.25, 0.3) is 0 Å². The third-order valence-electron chi connectivity index (χ3n) is 2.84. The summed E-state index contributed by atoms with van der Waals surface area (Å²) in [5.41, 5.74) is 6.86. The van der Waals surface area contributed by atoms with E-state index in [1.807, 2.05) is 12.1 Å². The average molecular weight is 302 g/mol. The van der Waals surface area contributed by atoms with Gasteiger partial charge in [-0.25, -0.2) is 13.1 Å². The molecule has 3 N–H and O–H groups in total. The maximum Gasteiger partial charge on any atom is 0.241 e. The first kappa shape index (κ1) is 15.0. The van der Waals surface area contributed by atoms with Gasteiger partial charge in [0.15, 0.2) is 0 Å². The molecule has 0 aliphatic carbocycles. The maximum atomic E-state index is 12.2. The lowest BCUT2D eigenvalue weighted by Gasteiger charge is -2.08. The molecule has 1 aromatic carbocycles. The van der Waals surface area contributed by atoms with Crippen molar-refractivity contribution >= 4 is 15.7 Å². The number of nitrogens with zero attached hydrogens (tertiary/aromatic N) is 2. The molecule has 0 unspecified atom stereocenters. The summed E-state index contributed by atoms with van der Waals surface area (Å²) < 4.78 is 26.9. The van der Waals surface area contributed by atoms with E-state index in [4.69, 9.17) is 11.0 Å². The minimum atomic E-state index is -3.74. The zero-order valence-corrected chi connectivity index (χ0v) is 12.0. The van der Waals surface area contributed by atoms with Gasteiger partial charge in [-0.1, -0.05) is 6.07 Å². The van der Waals surface area contributed by atoms with Crippen LogP contribution in [0.5, 0.6) is 0 Å². The van der Waals surface area contributed by atoms with Crippen LogP contribution in [-0.2, 0) is 16.4 Å². The highest BCUT2D eigenvalue weighted by Gasteiger charge is 2.18. The van der Waals surface area contributed by atoms with E-state index in [0.29, 0.717) is 12.1 Å². The molecule has 6 nitrogen and oxygen atoms in total. The Hall–Kier alpha value is -2.43. The van der Waals surface area contributed by atoms with Crippen LogP contribution in [0, 0.1) is 11.3 Å². The summed E-state index contributed by atoms with van der Waals surface area (Å²) in [6.45, 7) is 0.225. The molecule has 1 aromatic heterocycles. The van der Waals surface area contributed by atoms with E-state index < -0.39 is 10.0 Å². The first-order valence-corrected chi connectivity index (χ1v) is 7.69. The zero-order chi connectivity index (χ0) is 15.3. The molecule has 0 saturated carbocycles. The molecule has 7 heteroatoms. The standard InChI is InChI=1S/C14H14N4O2S/c15-9-12-8-13(16)3-4-14(12)21(19,20)18-7-5-11-2-1-6-17-10-11/h1-4,6,8,10,18H,5,7,16H2. The molecular formula is C14H14N4O2S. The van der Waals surface area contributed by atoms with Crippen molar-refractivity contribution in [3.05, 3.63) is 53.9 Å². The molecule has 0 bridgehead atoms. The summed E-state index contributed by atoms with van der Waals surface area (Å²) >= 11 is 0. The molecule has 0 radical (unpaired) electrons. The molecule has 0 aliphatic rings. The van der Waals surface area contributed by atoms with Crippen LogP contribution >= 0.6 is 0 Å². The Morgan fingerprint density at radius 1 is 1.33 bits per heavy atom. The van der Waals surface area contributed by atoms with Crippen molar-refractivity contribution in [3.63, 3.8) is 0 Å². The van der Waals surface area contributed by atoms with Gasteiger partial charge in [-0.2, -0.15) is 5.26 Å². The summed E-state index contributed by atoms with van der Waals surface area (Å²) in [5.74, 6) is 0. The molecule has 2 aromatic rings. The van der Waals surface area contributed by atoms with Crippen LogP contribution in [0.1, 0.15) is 11.1 Å². The Morgan fingerprint density at radius 2 is 2.14 bits per heavy atom. The van der Waals surface area contributed by atoms with Gasteiger partial charge in [0.25, 0.3) is 0 Å².